The van der Waals surface area contributed by atoms with Crippen molar-refractivity contribution in [3.63, 3.8) is 0 Å². The fraction of sp³-hybridized carbons (Fsp3) is 0.625. The zero-order valence-corrected chi connectivity index (χ0v) is 9.24. The van der Waals surface area contributed by atoms with Crippen LogP contribution in [0.2, 0.25) is 0 Å². The molecule has 6 nitrogen and oxygen atoms in total. The lowest BCUT2D eigenvalue weighted by atomic mass is 10.4. The number of rotatable bonds is 6. The molecule has 18 heavy (non-hydrogen) atoms. The average Bonchev–Trinajstić information content (AvgIpc) is 2.26. The molecule has 0 aromatic carbocycles. The first-order valence-corrected chi connectivity index (χ1v) is 4.78. The van der Waals surface area contributed by atoms with Gasteiger partial charge >= 0.3 is 24.4 Å². The highest BCUT2D eigenvalue weighted by Gasteiger charge is 2.42. The molecule has 0 aliphatic carbocycles. The summed E-state index contributed by atoms with van der Waals surface area (Å²) in [4.78, 5) is 10.3. The lowest BCUT2D eigenvalue weighted by molar-refractivity contribution is -0.149. The molecule has 1 aromatic heterocycles. The topological polar surface area (TPSA) is 83.2 Å². The van der Waals surface area contributed by atoms with E-state index < -0.39 is 25.0 Å². The highest BCUT2D eigenvalue weighted by Crippen LogP contribution is 2.23. The molecule has 2 N–H and O–H groups in total. The van der Waals surface area contributed by atoms with Crippen molar-refractivity contribution >= 4 is 5.95 Å². The van der Waals surface area contributed by atoms with E-state index in [2.05, 4.69) is 19.7 Å². The van der Waals surface area contributed by atoms with Crippen molar-refractivity contribution in [2.45, 2.75) is 19.3 Å². The van der Waals surface area contributed by atoms with Gasteiger partial charge in [-0.1, -0.05) is 0 Å². The van der Waals surface area contributed by atoms with Gasteiger partial charge in [-0.2, -0.15) is 18.7 Å². The van der Waals surface area contributed by atoms with Crippen LogP contribution in [0.25, 0.3) is 0 Å². The Morgan fingerprint density at radius 3 is 2.22 bits per heavy atom. The summed E-state index contributed by atoms with van der Waals surface area (Å²) in [5.74, 6) is -4.63. The van der Waals surface area contributed by atoms with Gasteiger partial charge < -0.3 is 15.2 Å². The van der Waals surface area contributed by atoms with Crippen LogP contribution in [-0.4, -0.2) is 40.5 Å². The first-order valence-electron chi connectivity index (χ1n) is 4.78. The Morgan fingerprint density at radius 1 is 1.17 bits per heavy atom. The van der Waals surface area contributed by atoms with Gasteiger partial charge in [0.1, 0.15) is 0 Å². The number of ether oxygens (including phenoxy) is 2. The van der Waals surface area contributed by atoms with Crippen LogP contribution in [0.4, 0.5) is 23.5 Å². The van der Waals surface area contributed by atoms with Gasteiger partial charge in [0, 0.05) is 0 Å². The molecule has 0 spiro atoms. The van der Waals surface area contributed by atoms with E-state index in [1.54, 1.807) is 6.92 Å². The van der Waals surface area contributed by atoms with Crippen molar-refractivity contribution in [3.05, 3.63) is 0 Å². The second-order valence-electron chi connectivity index (χ2n) is 3.04. The van der Waals surface area contributed by atoms with Gasteiger partial charge in [0.2, 0.25) is 5.95 Å². The monoisotopic (exact) mass is 270 g/mol. The van der Waals surface area contributed by atoms with Crippen LogP contribution in [0.1, 0.15) is 6.92 Å². The van der Waals surface area contributed by atoms with Crippen molar-refractivity contribution in [2.24, 2.45) is 0 Å². The van der Waals surface area contributed by atoms with Gasteiger partial charge in [-0.15, -0.1) is 4.98 Å². The minimum Gasteiger partial charge on any atom is -0.464 e. The molecule has 0 bridgehead atoms. The summed E-state index contributed by atoms with van der Waals surface area (Å²) in [5, 5.41) is 0. The number of alkyl halides is 4. The Kier molecular flexibility index (Phi) is 4.45. The Bertz CT molecular complexity index is 405. The fourth-order valence-corrected chi connectivity index (χ4v) is 0.835. The molecular formula is C8H10F4N4O2. The van der Waals surface area contributed by atoms with Crippen LogP contribution in [0.5, 0.6) is 12.0 Å². The third-order valence-electron chi connectivity index (χ3n) is 1.60. The zero-order valence-electron chi connectivity index (χ0n) is 9.24. The van der Waals surface area contributed by atoms with E-state index in [4.69, 9.17) is 10.5 Å². The molecule has 0 saturated heterocycles. The maximum Gasteiger partial charge on any atom is 0.340 e. The van der Waals surface area contributed by atoms with E-state index in [-0.39, 0.29) is 18.6 Å². The summed E-state index contributed by atoms with van der Waals surface area (Å²) in [5.41, 5.74) is 5.23. The SMILES string of the molecule is CCOc1nc(N)nc(OCC(F)(F)C(F)F)n1. The molecule has 1 heterocycles. The molecule has 0 atom stereocenters. The van der Waals surface area contributed by atoms with Crippen molar-refractivity contribution in [3.8, 4) is 12.0 Å². The van der Waals surface area contributed by atoms with Crippen molar-refractivity contribution in [1.29, 1.82) is 0 Å². The van der Waals surface area contributed by atoms with E-state index in [1.807, 2.05) is 0 Å². The number of nitrogen functional groups attached to an aromatic ring is 1. The molecule has 102 valence electrons. The number of halogens is 4. The van der Waals surface area contributed by atoms with Gasteiger partial charge in [0.25, 0.3) is 0 Å². The Labute approximate surface area is 99.1 Å². The molecule has 1 rings (SSSR count). The predicted molar refractivity (Wildman–Crippen MR) is 51.9 cm³/mol. The summed E-state index contributed by atoms with van der Waals surface area (Å²) < 4.78 is 58.1. The standard InChI is InChI=1S/C8H10F4N4O2/c1-2-17-6-14-5(13)15-7(16-6)18-3-8(11,12)4(9)10/h4H,2-3H2,1H3,(H2,13,14,15,16). The lowest BCUT2D eigenvalue weighted by Gasteiger charge is -2.15. The Balaban J connectivity index is 2.73. The third kappa shape index (κ3) is 3.86. The van der Waals surface area contributed by atoms with E-state index in [9.17, 15) is 17.6 Å². The quantitative estimate of drug-likeness (QED) is 0.780. The highest BCUT2D eigenvalue weighted by atomic mass is 19.3. The predicted octanol–water partition coefficient (Wildman–Crippen LogP) is 1.13. The van der Waals surface area contributed by atoms with Gasteiger partial charge in [-0.05, 0) is 6.92 Å². The third-order valence-corrected chi connectivity index (χ3v) is 1.60. The normalized spacial score (nSPS) is 11.7. The smallest absolute Gasteiger partial charge is 0.340 e. The number of aromatic nitrogens is 3. The molecule has 0 aliphatic heterocycles. The molecule has 0 aliphatic rings. The highest BCUT2D eigenvalue weighted by molar-refractivity contribution is 5.20. The van der Waals surface area contributed by atoms with Crippen LogP contribution in [0.3, 0.4) is 0 Å². The molecule has 0 radical (unpaired) electrons. The van der Waals surface area contributed by atoms with Crippen LogP contribution in [0, 0.1) is 0 Å². The molecule has 0 unspecified atom stereocenters. The molecule has 0 saturated carbocycles. The maximum atomic E-state index is 12.6. The second kappa shape index (κ2) is 5.65. The molecule has 0 amide bonds. The lowest BCUT2D eigenvalue weighted by Crippen LogP contribution is -2.34. The number of nitrogens with two attached hydrogens (primary N) is 1. The Morgan fingerprint density at radius 2 is 1.72 bits per heavy atom. The zero-order chi connectivity index (χ0) is 13.8. The van der Waals surface area contributed by atoms with Crippen LogP contribution < -0.4 is 15.2 Å². The summed E-state index contributed by atoms with van der Waals surface area (Å²) in [6, 6.07) is -0.841. The van der Waals surface area contributed by atoms with Crippen LogP contribution in [0.15, 0.2) is 0 Å². The fourth-order valence-electron chi connectivity index (χ4n) is 0.835. The van der Waals surface area contributed by atoms with Crippen LogP contribution >= 0.6 is 0 Å². The number of nitrogens with zero attached hydrogens (tertiary/aromatic N) is 3. The average molecular weight is 270 g/mol. The molecular weight excluding hydrogens is 260 g/mol. The summed E-state index contributed by atoms with van der Waals surface area (Å²) in [7, 11) is 0. The largest absolute Gasteiger partial charge is 0.464 e. The number of hydrogen-bond acceptors (Lipinski definition) is 6. The maximum absolute atomic E-state index is 12.6. The first kappa shape index (κ1) is 14.2. The minimum absolute atomic E-state index is 0.204. The summed E-state index contributed by atoms with van der Waals surface area (Å²) in [6.45, 7) is 0.265. The molecule has 1 aromatic rings. The van der Waals surface area contributed by atoms with Crippen molar-refractivity contribution in [1.82, 2.24) is 15.0 Å². The first-order chi connectivity index (χ1) is 8.35. The van der Waals surface area contributed by atoms with Crippen LogP contribution in [-0.2, 0) is 0 Å². The van der Waals surface area contributed by atoms with E-state index in [0.717, 1.165) is 0 Å². The number of anilines is 1. The number of hydrogen-bond donors (Lipinski definition) is 1. The van der Waals surface area contributed by atoms with Gasteiger partial charge in [-0.3, -0.25) is 0 Å². The van der Waals surface area contributed by atoms with Crippen molar-refractivity contribution in [2.75, 3.05) is 18.9 Å². The van der Waals surface area contributed by atoms with E-state index in [0.29, 0.717) is 0 Å². The summed E-state index contributed by atoms with van der Waals surface area (Å²) in [6.07, 6.45) is -3.84. The van der Waals surface area contributed by atoms with Gasteiger partial charge in [-0.25, -0.2) is 8.78 Å². The van der Waals surface area contributed by atoms with E-state index >= 15 is 0 Å². The minimum atomic E-state index is -4.30. The molecule has 10 heteroatoms. The van der Waals surface area contributed by atoms with Gasteiger partial charge in [0.15, 0.2) is 6.61 Å². The van der Waals surface area contributed by atoms with Crippen molar-refractivity contribution < 1.29 is 27.0 Å². The van der Waals surface area contributed by atoms with Gasteiger partial charge in [0.05, 0.1) is 6.61 Å². The van der Waals surface area contributed by atoms with E-state index in [1.165, 1.54) is 0 Å². The summed E-state index contributed by atoms with van der Waals surface area (Å²) >= 11 is 0. The molecule has 0 fully saturated rings. The Hall–Kier alpha value is -1.87. The second-order valence-corrected chi connectivity index (χ2v) is 3.04.